The summed E-state index contributed by atoms with van der Waals surface area (Å²) in [4.78, 5) is 4.33. The summed E-state index contributed by atoms with van der Waals surface area (Å²) in [6, 6.07) is 0.161. The van der Waals surface area contributed by atoms with E-state index in [1.165, 1.54) is 0 Å². The molecule has 0 saturated carbocycles. The fraction of sp³-hybridized carbons (Fsp3) is 0.800. The first-order valence-corrected chi connectivity index (χ1v) is 5.30. The molecule has 5 heteroatoms. The van der Waals surface area contributed by atoms with Crippen LogP contribution in [0, 0.1) is 0 Å². The third-order valence-corrected chi connectivity index (χ3v) is 2.29. The molecule has 1 rings (SSSR count). The molecule has 1 aromatic heterocycles. The van der Waals surface area contributed by atoms with Crippen molar-refractivity contribution in [1.82, 2.24) is 15.5 Å². The first-order chi connectivity index (χ1) is 7.31. The van der Waals surface area contributed by atoms with E-state index in [-0.39, 0.29) is 6.04 Å². The summed E-state index contributed by atoms with van der Waals surface area (Å²) < 4.78 is 10.1. The molecular weight excluding hydrogens is 194 g/mol. The van der Waals surface area contributed by atoms with Crippen molar-refractivity contribution in [3.05, 3.63) is 11.7 Å². The van der Waals surface area contributed by atoms with E-state index in [4.69, 9.17) is 9.26 Å². The Bertz CT molecular complexity index is 271. The third-order valence-electron chi connectivity index (χ3n) is 2.29. The molecule has 0 aliphatic heterocycles. The Morgan fingerprint density at radius 1 is 1.53 bits per heavy atom. The molecule has 0 radical (unpaired) electrons. The highest BCUT2D eigenvalue weighted by Gasteiger charge is 2.14. The summed E-state index contributed by atoms with van der Waals surface area (Å²) >= 11 is 0. The molecule has 1 atom stereocenters. The van der Waals surface area contributed by atoms with Crippen molar-refractivity contribution in [1.29, 1.82) is 0 Å². The maximum atomic E-state index is 5.17. The second-order valence-electron chi connectivity index (χ2n) is 3.39. The summed E-state index contributed by atoms with van der Waals surface area (Å²) in [6.07, 6.45) is 2.67. The predicted molar refractivity (Wildman–Crippen MR) is 56.6 cm³/mol. The molecule has 0 spiro atoms. The SMILES string of the molecule is CCC(NC)c1nc(CCCOC)no1. The van der Waals surface area contributed by atoms with E-state index in [2.05, 4.69) is 22.4 Å². The number of nitrogens with one attached hydrogen (secondary N) is 1. The molecule has 0 aliphatic rings. The van der Waals surface area contributed by atoms with Crippen LogP contribution in [0.2, 0.25) is 0 Å². The highest BCUT2D eigenvalue weighted by Crippen LogP contribution is 2.13. The first-order valence-electron chi connectivity index (χ1n) is 5.30. The van der Waals surface area contributed by atoms with Gasteiger partial charge in [-0.05, 0) is 19.9 Å². The quantitative estimate of drug-likeness (QED) is 0.692. The minimum Gasteiger partial charge on any atom is -0.385 e. The zero-order chi connectivity index (χ0) is 11.1. The average Bonchev–Trinajstić information content (AvgIpc) is 2.69. The smallest absolute Gasteiger partial charge is 0.243 e. The monoisotopic (exact) mass is 213 g/mol. The van der Waals surface area contributed by atoms with Crippen LogP contribution in [0.25, 0.3) is 0 Å². The van der Waals surface area contributed by atoms with Crippen molar-refractivity contribution in [3.63, 3.8) is 0 Å². The van der Waals surface area contributed by atoms with Gasteiger partial charge in [0, 0.05) is 20.1 Å². The van der Waals surface area contributed by atoms with Crippen LogP contribution in [0.4, 0.5) is 0 Å². The minimum atomic E-state index is 0.161. The molecule has 5 nitrogen and oxygen atoms in total. The number of methoxy groups -OCH3 is 1. The Balaban J connectivity index is 2.47. The minimum absolute atomic E-state index is 0.161. The first kappa shape index (κ1) is 12.1. The zero-order valence-corrected chi connectivity index (χ0v) is 9.62. The fourth-order valence-corrected chi connectivity index (χ4v) is 1.39. The number of nitrogens with zero attached hydrogens (tertiary/aromatic N) is 2. The van der Waals surface area contributed by atoms with E-state index in [9.17, 15) is 0 Å². The third kappa shape index (κ3) is 3.60. The fourth-order valence-electron chi connectivity index (χ4n) is 1.39. The topological polar surface area (TPSA) is 60.2 Å². The Morgan fingerprint density at radius 3 is 2.93 bits per heavy atom. The Hall–Kier alpha value is -0.940. The lowest BCUT2D eigenvalue weighted by Crippen LogP contribution is -2.15. The number of ether oxygens (including phenoxy) is 1. The Morgan fingerprint density at radius 2 is 2.33 bits per heavy atom. The second kappa shape index (κ2) is 6.53. The predicted octanol–water partition coefficient (Wildman–Crippen LogP) is 1.32. The maximum Gasteiger partial charge on any atom is 0.243 e. The van der Waals surface area contributed by atoms with Gasteiger partial charge in [-0.1, -0.05) is 12.1 Å². The molecular formula is C10H19N3O2. The Labute approximate surface area is 90.2 Å². The number of hydrogen-bond donors (Lipinski definition) is 1. The largest absolute Gasteiger partial charge is 0.385 e. The molecule has 86 valence electrons. The van der Waals surface area contributed by atoms with Crippen LogP contribution in [0.15, 0.2) is 4.52 Å². The lowest BCUT2D eigenvalue weighted by molar-refractivity contribution is 0.194. The summed E-state index contributed by atoms with van der Waals surface area (Å²) in [5, 5.41) is 7.05. The zero-order valence-electron chi connectivity index (χ0n) is 9.62. The van der Waals surface area contributed by atoms with Gasteiger partial charge in [0.05, 0.1) is 6.04 Å². The van der Waals surface area contributed by atoms with E-state index >= 15 is 0 Å². The molecule has 0 amide bonds. The van der Waals surface area contributed by atoms with Crippen molar-refractivity contribution in [2.45, 2.75) is 32.2 Å². The van der Waals surface area contributed by atoms with Gasteiger partial charge in [-0.15, -0.1) is 0 Å². The van der Waals surface area contributed by atoms with Crippen LogP contribution in [-0.2, 0) is 11.2 Å². The lowest BCUT2D eigenvalue weighted by Gasteiger charge is -2.06. The van der Waals surface area contributed by atoms with Crippen LogP contribution in [-0.4, -0.2) is 30.9 Å². The molecule has 0 saturated heterocycles. The van der Waals surface area contributed by atoms with Crippen LogP contribution >= 0.6 is 0 Å². The average molecular weight is 213 g/mol. The van der Waals surface area contributed by atoms with Gasteiger partial charge in [0.1, 0.15) is 0 Å². The van der Waals surface area contributed by atoms with Crippen molar-refractivity contribution < 1.29 is 9.26 Å². The second-order valence-corrected chi connectivity index (χ2v) is 3.39. The van der Waals surface area contributed by atoms with Gasteiger partial charge in [0.15, 0.2) is 5.82 Å². The van der Waals surface area contributed by atoms with Gasteiger partial charge in [0.25, 0.3) is 0 Å². The summed E-state index contributed by atoms with van der Waals surface area (Å²) in [7, 11) is 3.58. The summed E-state index contributed by atoms with van der Waals surface area (Å²) in [5.74, 6) is 1.43. The van der Waals surface area contributed by atoms with E-state index in [0.717, 1.165) is 31.7 Å². The van der Waals surface area contributed by atoms with Gasteiger partial charge in [-0.25, -0.2) is 0 Å². The number of aryl methyl sites for hydroxylation is 1. The molecule has 0 bridgehead atoms. The molecule has 1 unspecified atom stereocenters. The molecule has 15 heavy (non-hydrogen) atoms. The van der Waals surface area contributed by atoms with E-state index in [0.29, 0.717) is 5.89 Å². The molecule has 1 N–H and O–H groups in total. The van der Waals surface area contributed by atoms with Gasteiger partial charge in [-0.3, -0.25) is 0 Å². The molecule has 0 fully saturated rings. The molecule has 1 heterocycles. The van der Waals surface area contributed by atoms with Crippen molar-refractivity contribution >= 4 is 0 Å². The van der Waals surface area contributed by atoms with Gasteiger partial charge < -0.3 is 14.6 Å². The standard InChI is InChI=1S/C10H19N3O2/c1-4-8(11-2)10-12-9(13-15-10)6-5-7-14-3/h8,11H,4-7H2,1-3H3. The lowest BCUT2D eigenvalue weighted by atomic mass is 10.2. The number of hydrogen-bond acceptors (Lipinski definition) is 5. The highest BCUT2D eigenvalue weighted by atomic mass is 16.5. The highest BCUT2D eigenvalue weighted by molar-refractivity contribution is 4.92. The Kier molecular flexibility index (Phi) is 5.28. The van der Waals surface area contributed by atoms with E-state index < -0.39 is 0 Å². The van der Waals surface area contributed by atoms with Gasteiger partial charge in [0.2, 0.25) is 5.89 Å². The normalized spacial score (nSPS) is 13.0. The maximum absolute atomic E-state index is 5.17. The van der Waals surface area contributed by atoms with Crippen LogP contribution in [0.1, 0.15) is 37.5 Å². The van der Waals surface area contributed by atoms with Crippen LogP contribution in [0.3, 0.4) is 0 Å². The summed E-state index contributed by atoms with van der Waals surface area (Å²) in [5.41, 5.74) is 0. The van der Waals surface area contributed by atoms with Crippen molar-refractivity contribution in [2.75, 3.05) is 20.8 Å². The van der Waals surface area contributed by atoms with Gasteiger partial charge >= 0.3 is 0 Å². The van der Waals surface area contributed by atoms with Crippen LogP contribution < -0.4 is 5.32 Å². The van der Waals surface area contributed by atoms with E-state index in [1.54, 1.807) is 7.11 Å². The number of aromatic nitrogens is 2. The van der Waals surface area contributed by atoms with Crippen molar-refractivity contribution in [2.24, 2.45) is 0 Å². The van der Waals surface area contributed by atoms with E-state index in [1.807, 2.05) is 7.05 Å². The number of rotatable bonds is 7. The molecule has 0 aromatic carbocycles. The van der Waals surface area contributed by atoms with Crippen LogP contribution in [0.5, 0.6) is 0 Å². The molecule has 0 aliphatic carbocycles. The molecule has 1 aromatic rings. The summed E-state index contributed by atoms with van der Waals surface area (Å²) in [6.45, 7) is 2.81. The van der Waals surface area contributed by atoms with Gasteiger partial charge in [-0.2, -0.15) is 4.98 Å². The van der Waals surface area contributed by atoms with Crippen molar-refractivity contribution in [3.8, 4) is 0 Å².